The normalized spacial score (nSPS) is 9.00. The summed E-state index contributed by atoms with van der Waals surface area (Å²) in [6.07, 6.45) is 1.43. The molecule has 0 aliphatic heterocycles. The van der Waals surface area contributed by atoms with Crippen LogP contribution in [0.25, 0.3) is 0 Å². The molecule has 0 bridgehead atoms. The summed E-state index contributed by atoms with van der Waals surface area (Å²) in [6.45, 7) is 1.44. The minimum absolute atomic E-state index is 0.103. The quantitative estimate of drug-likeness (QED) is 0.686. The molecule has 0 aliphatic carbocycles. The van der Waals surface area contributed by atoms with Crippen LogP contribution in [0.5, 0.6) is 0 Å². The van der Waals surface area contributed by atoms with Gasteiger partial charge in [0.15, 0.2) is 5.78 Å². The van der Waals surface area contributed by atoms with Crippen LogP contribution in [0.4, 0.5) is 5.82 Å². The molecule has 1 aromatic heterocycles. The van der Waals surface area contributed by atoms with E-state index in [0.717, 1.165) is 0 Å². The van der Waals surface area contributed by atoms with E-state index in [1.54, 1.807) is 7.05 Å². The summed E-state index contributed by atoms with van der Waals surface area (Å²) in [6, 6.07) is 3.46. The van der Waals surface area contributed by atoms with Gasteiger partial charge in [0.2, 0.25) is 0 Å². The van der Waals surface area contributed by atoms with Crippen molar-refractivity contribution in [2.24, 2.45) is 0 Å². The Kier molecular flexibility index (Phi) is 2.60. The fourth-order valence-corrected chi connectivity index (χ4v) is 0.993. The van der Waals surface area contributed by atoms with Gasteiger partial charge in [0.05, 0.1) is 11.1 Å². The van der Waals surface area contributed by atoms with E-state index in [1.165, 1.54) is 19.2 Å². The lowest BCUT2D eigenvalue weighted by Gasteiger charge is -2.04. The van der Waals surface area contributed by atoms with E-state index < -0.39 is 0 Å². The van der Waals surface area contributed by atoms with Crippen molar-refractivity contribution in [3.05, 3.63) is 23.4 Å². The smallest absolute Gasteiger partial charge is 0.163 e. The molecule has 4 nitrogen and oxygen atoms in total. The third-order valence-electron chi connectivity index (χ3n) is 1.63. The van der Waals surface area contributed by atoms with Gasteiger partial charge in [-0.3, -0.25) is 4.79 Å². The summed E-state index contributed by atoms with van der Waals surface area (Å²) in [4.78, 5) is 15.0. The van der Waals surface area contributed by atoms with Crippen LogP contribution in [-0.4, -0.2) is 17.8 Å². The highest BCUT2D eigenvalue weighted by atomic mass is 16.1. The first-order chi connectivity index (χ1) is 6.19. The third-order valence-corrected chi connectivity index (χ3v) is 1.63. The summed E-state index contributed by atoms with van der Waals surface area (Å²) in [5.41, 5.74) is 0.839. The molecule has 0 atom stereocenters. The van der Waals surface area contributed by atoms with Gasteiger partial charge in [-0.1, -0.05) is 0 Å². The Morgan fingerprint density at radius 3 is 2.85 bits per heavy atom. The lowest BCUT2D eigenvalue weighted by molar-refractivity contribution is 0.101. The van der Waals surface area contributed by atoms with Gasteiger partial charge in [-0.05, 0) is 13.0 Å². The van der Waals surface area contributed by atoms with Gasteiger partial charge in [-0.2, -0.15) is 5.26 Å². The van der Waals surface area contributed by atoms with Gasteiger partial charge in [-0.25, -0.2) is 4.98 Å². The molecule has 4 heteroatoms. The summed E-state index contributed by atoms with van der Waals surface area (Å²) in [5, 5.41) is 11.4. The molecule has 0 saturated carbocycles. The van der Waals surface area contributed by atoms with Crippen molar-refractivity contribution in [3.63, 3.8) is 0 Å². The largest absolute Gasteiger partial charge is 0.373 e. The lowest BCUT2D eigenvalue weighted by Crippen LogP contribution is -2.03. The summed E-state index contributed by atoms with van der Waals surface area (Å²) < 4.78 is 0. The molecule has 0 amide bonds. The second kappa shape index (κ2) is 3.68. The number of anilines is 1. The zero-order valence-electron chi connectivity index (χ0n) is 7.46. The molecular weight excluding hydrogens is 166 g/mol. The Morgan fingerprint density at radius 2 is 2.38 bits per heavy atom. The zero-order chi connectivity index (χ0) is 9.84. The number of rotatable bonds is 2. The highest BCUT2D eigenvalue weighted by molar-refractivity contribution is 5.98. The van der Waals surface area contributed by atoms with Crippen molar-refractivity contribution in [1.82, 2.24) is 4.98 Å². The Balaban J connectivity index is 3.28. The molecule has 0 unspecified atom stereocenters. The average molecular weight is 175 g/mol. The van der Waals surface area contributed by atoms with Crippen molar-refractivity contribution in [2.75, 3.05) is 12.4 Å². The number of hydrogen-bond acceptors (Lipinski definition) is 4. The molecule has 0 spiro atoms. The molecule has 0 saturated heterocycles. The number of carbonyl (C=O) groups is 1. The van der Waals surface area contributed by atoms with Crippen LogP contribution in [0.1, 0.15) is 22.8 Å². The maximum absolute atomic E-state index is 11.1. The first-order valence-corrected chi connectivity index (χ1v) is 3.78. The van der Waals surface area contributed by atoms with E-state index in [9.17, 15) is 4.79 Å². The number of pyridine rings is 1. The predicted molar refractivity (Wildman–Crippen MR) is 48.5 cm³/mol. The lowest BCUT2D eigenvalue weighted by atomic mass is 10.1. The summed E-state index contributed by atoms with van der Waals surface area (Å²) >= 11 is 0. The molecule has 1 heterocycles. The van der Waals surface area contributed by atoms with E-state index in [4.69, 9.17) is 5.26 Å². The average Bonchev–Trinajstić information content (AvgIpc) is 2.16. The monoisotopic (exact) mass is 175 g/mol. The van der Waals surface area contributed by atoms with Crippen LogP contribution in [0, 0.1) is 11.3 Å². The molecule has 0 aliphatic rings. The topological polar surface area (TPSA) is 65.8 Å². The Labute approximate surface area is 76.2 Å². The maximum atomic E-state index is 11.1. The highest BCUT2D eigenvalue weighted by Crippen LogP contribution is 2.13. The van der Waals surface area contributed by atoms with E-state index in [1.807, 2.05) is 6.07 Å². The first-order valence-electron chi connectivity index (χ1n) is 3.78. The second-order valence-corrected chi connectivity index (χ2v) is 2.54. The molecular formula is C9H9N3O. The first kappa shape index (κ1) is 9.20. The van der Waals surface area contributed by atoms with Crippen molar-refractivity contribution >= 4 is 11.6 Å². The summed E-state index contributed by atoms with van der Waals surface area (Å²) in [5.74, 6) is 0.403. The van der Waals surface area contributed by atoms with Gasteiger partial charge in [0.1, 0.15) is 11.9 Å². The molecule has 0 aromatic carbocycles. The van der Waals surface area contributed by atoms with Crippen LogP contribution in [-0.2, 0) is 0 Å². The van der Waals surface area contributed by atoms with Crippen molar-refractivity contribution in [3.8, 4) is 6.07 Å². The summed E-state index contributed by atoms with van der Waals surface area (Å²) in [7, 11) is 1.68. The van der Waals surface area contributed by atoms with Gasteiger partial charge in [0.25, 0.3) is 0 Å². The van der Waals surface area contributed by atoms with Crippen LogP contribution >= 0.6 is 0 Å². The number of aromatic nitrogens is 1. The minimum Gasteiger partial charge on any atom is -0.373 e. The van der Waals surface area contributed by atoms with Crippen LogP contribution < -0.4 is 5.32 Å². The number of nitrogens with one attached hydrogen (secondary N) is 1. The SMILES string of the molecule is CNc1ncc(C#N)cc1C(C)=O. The highest BCUT2D eigenvalue weighted by Gasteiger charge is 2.07. The van der Waals surface area contributed by atoms with Crippen LogP contribution in [0.15, 0.2) is 12.3 Å². The molecule has 1 aromatic rings. The van der Waals surface area contributed by atoms with E-state index >= 15 is 0 Å². The van der Waals surface area contributed by atoms with Crippen LogP contribution in [0.2, 0.25) is 0 Å². The number of Topliss-reactive ketones (excluding diaryl/α,β-unsaturated/α-hetero) is 1. The third kappa shape index (κ3) is 1.82. The van der Waals surface area contributed by atoms with Gasteiger partial charge < -0.3 is 5.32 Å². The van der Waals surface area contributed by atoms with Gasteiger partial charge >= 0.3 is 0 Å². The van der Waals surface area contributed by atoms with E-state index in [2.05, 4.69) is 10.3 Å². The minimum atomic E-state index is -0.103. The number of nitriles is 1. The number of carbonyl (C=O) groups excluding carboxylic acids is 1. The Hall–Kier alpha value is -1.89. The Bertz CT molecular complexity index is 379. The fourth-order valence-electron chi connectivity index (χ4n) is 0.993. The van der Waals surface area contributed by atoms with Crippen molar-refractivity contribution < 1.29 is 4.79 Å². The van der Waals surface area contributed by atoms with Gasteiger partial charge in [0, 0.05) is 13.2 Å². The van der Waals surface area contributed by atoms with Gasteiger partial charge in [-0.15, -0.1) is 0 Å². The molecule has 1 rings (SSSR count). The number of hydrogen-bond donors (Lipinski definition) is 1. The molecule has 0 radical (unpaired) electrons. The molecule has 1 N–H and O–H groups in total. The van der Waals surface area contributed by atoms with Crippen molar-refractivity contribution in [2.45, 2.75) is 6.92 Å². The number of nitrogens with zero attached hydrogens (tertiary/aromatic N) is 2. The molecule has 13 heavy (non-hydrogen) atoms. The molecule has 0 fully saturated rings. The fraction of sp³-hybridized carbons (Fsp3) is 0.222. The van der Waals surface area contributed by atoms with E-state index in [0.29, 0.717) is 16.9 Å². The standard InChI is InChI=1S/C9H9N3O/c1-6(13)8-3-7(4-10)5-12-9(8)11-2/h3,5H,1-2H3,(H,11,12). The van der Waals surface area contributed by atoms with Crippen molar-refractivity contribution in [1.29, 1.82) is 5.26 Å². The predicted octanol–water partition coefficient (Wildman–Crippen LogP) is 1.20. The Morgan fingerprint density at radius 1 is 1.69 bits per heavy atom. The zero-order valence-corrected chi connectivity index (χ0v) is 7.46. The second-order valence-electron chi connectivity index (χ2n) is 2.54. The van der Waals surface area contributed by atoms with Crippen LogP contribution in [0.3, 0.4) is 0 Å². The maximum Gasteiger partial charge on any atom is 0.163 e. The molecule has 66 valence electrons. The number of ketones is 1. The van der Waals surface area contributed by atoms with E-state index in [-0.39, 0.29) is 5.78 Å².